The van der Waals surface area contributed by atoms with E-state index in [1.54, 1.807) is 0 Å². The van der Waals surface area contributed by atoms with Crippen LogP contribution in [-0.2, 0) is 14.4 Å². The molecule has 188 valence electrons. The van der Waals surface area contributed by atoms with Crippen molar-refractivity contribution in [2.45, 2.75) is 17.2 Å². The summed E-state index contributed by atoms with van der Waals surface area (Å²) in [6, 6.07) is 0.0885. The van der Waals surface area contributed by atoms with Gasteiger partial charge in [-0.3, -0.25) is 0 Å². The summed E-state index contributed by atoms with van der Waals surface area (Å²) in [4.78, 5) is 25.3. The number of benzene rings is 1. The maximum Gasteiger partial charge on any atom is 0.430 e. The third-order valence-corrected chi connectivity index (χ3v) is 5.32. The third-order valence-electron chi connectivity index (χ3n) is 4.17. The predicted molar refractivity (Wildman–Crippen MR) is 97.7 cm³/mol. The fourth-order valence-electron chi connectivity index (χ4n) is 2.59. The van der Waals surface area contributed by atoms with Gasteiger partial charge in [0.15, 0.2) is 0 Å². The summed E-state index contributed by atoms with van der Waals surface area (Å²) in [6.07, 6.45) is -7.74. The summed E-state index contributed by atoms with van der Waals surface area (Å²) in [5.41, 5.74) is -2.06. The van der Waals surface area contributed by atoms with E-state index < -0.39 is 61.9 Å². The lowest BCUT2D eigenvalue weighted by atomic mass is 10.0. The van der Waals surface area contributed by atoms with Crippen LogP contribution < -0.4 is 4.74 Å². The summed E-state index contributed by atoms with van der Waals surface area (Å²) in [7, 11) is -8.72. The number of carbonyl (C=O) groups is 1. The molecule has 0 fully saturated rings. The van der Waals surface area contributed by atoms with Crippen molar-refractivity contribution in [3.8, 4) is 5.75 Å². The van der Waals surface area contributed by atoms with Crippen molar-refractivity contribution in [2.24, 2.45) is 0 Å². The number of hydrogen-bond donors (Lipinski definition) is 0. The van der Waals surface area contributed by atoms with Crippen LogP contribution in [0, 0.1) is 10.1 Å². The maximum atomic E-state index is 13.3. The van der Waals surface area contributed by atoms with Gasteiger partial charge in [-0.1, -0.05) is 19.4 Å². The number of halogens is 8. The molecule has 0 amide bonds. The molecule has 1 aliphatic heterocycles. The second-order valence-electron chi connectivity index (χ2n) is 6.80. The van der Waals surface area contributed by atoms with Gasteiger partial charge in [0, 0.05) is 18.7 Å². The van der Waals surface area contributed by atoms with Crippen LogP contribution in [0.15, 0.2) is 28.7 Å². The molecule has 33 heavy (non-hydrogen) atoms. The standard InChI is InChI=1S/C16H16F8N2O6S/c1-25(5-7-31-26(28)29)4-6-30-15(27)12-9-10-8-11(33(20,21,22,23)24)2-3-13(10)32-14(12)16(17,18)19/h2-3,8-9,14H,4-7H2,1H3/t14-/m0/s1. The lowest BCUT2D eigenvalue weighted by Gasteiger charge is -2.41. The molecule has 17 heteroatoms. The Balaban J connectivity index is 2.22. The molecule has 1 aromatic rings. The highest BCUT2D eigenvalue weighted by Crippen LogP contribution is 3.02. The molecular weight excluding hydrogens is 500 g/mol. The van der Waals surface area contributed by atoms with Gasteiger partial charge in [0.05, 0.1) is 5.57 Å². The fourth-order valence-corrected chi connectivity index (χ4v) is 3.26. The van der Waals surface area contributed by atoms with E-state index in [9.17, 15) is 47.5 Å². The number of ether oxygens (including phenoxy) is 2. The molecule has 0 aromatic heterocycles. The van der Waals surface area contributed by atoms with Crippen LogP contribution in [-0.4, -0.2) is 61.6 Å². The van der Waals surface area contributed by atoms with E-state index in [0.717, 1.165) is 0 Å². The number of esters is 1. The number of carbonyl (C=O) groups excluding carboxylic acids is 1. The average Bonchev–Trinajstić information content (AvgIpc) is 2.63. The van der Waals surface area contributed by atoms with Crippen molar-refractivity contribution in [3.05, 3.63) is 39.4 Å². The number of hydrogen-bond acceptors (Lipinski definition) is 7. The highest BCUT2D eigenvalue weighted by atomic mass is 32.5. The first-order chi connectivity index (χ1) is 14.8. The van der Waals surface area contributed by atoms with Crippen LogP contribution in [0.1, 0.15) is 5.56 Å². The Morgan fingerprint density at radius 2 is 1.79 bits per heavy atom. The van der Waals surface area contributed by atoms with Gasteiger partial charge >= 0.3 is 22.4 Å². The molecule has 1 heterocycles. The van der Waals surface area contributed by atoms with E-state index in [1.165, 1.54) is 11.9 Å². The Labute approximate surface area is 180 Å². The van der Waals surface area contributed by atoms with Crippen LogP contribution in [0.2, 0.25) is 0 Å². The summed E-state index contributed by atoms with van der Waals surface area (Å²) in [5.74, 6) is -2.39. The molecule has 2 rings (SSSR count). The molecule has 1 aromatic carbocycles. The van der Waals surface area contributed by atoms with Crippen LogP contribution in [0.4, 0.5) is 32.6 Å². The van der Waals surface area contributed by atoms with Gasteiger partial charge in [0.2, 0.25) is 6.10 Å². The second kappa shape index (κ2) is 8.19. The molecule has 0 N–H and O–H groups in total. The van der Waals surface area contributed by atoms with Crippen LogP contribution in [0.5, 0.6) is 5.75 Å². The number of rotatable bonds is 9. The molecule has 8 nitrogen and oxygen atoms in total. The molecule has 0 aliphatic carbocycles. The van der Waals surface area contributed by atoms with E-state index >= 15 is 0 Å². The molecule has 0 spiro atoms. The monoisotopic (exact) mass is 516 g/mol. The highest BCUT2D eigenvalue weighted by Gasteiger charge is 2.65. The second-order valence-corrected chi connectivity index (χ2v) is 9.21. The first-order valence-electron chi connectivity index (χ1n) is 8.74. The van der Waals surface area contributed by atoms with Gasteiger partial charge in [-0.15, -0.1) is 10.1 Å². The van der Waals surface area contributed by atoms with Gasteiger partial charge in [-0.2, -0.15) is 13.2 Å². The van der Waals surface area contributed by atoms with Gasteiger partial charge in [-0.25, -0.2) is 4.79 Å². The minimum absolute atomic E-state index is 0.0000421. The van der Waals surface area contributed by atoms with E-state index in [2.05, 4.69) is 9.57 Å². The minimum atomic E-state index is -10.1. The summed E-state index contributed by atoms with van der Waals surface area (Å²) < 4.78 is 114. The zero-order chi connectivity index (χ0) is 25.3. The van der Waals surface area contributed by atoms with Crippen molar-refractivity contribution in [3.63, 3.8) is 0 Å². The van der Waals surface area contributed by atoms with Crippen LogP contribution in [0.3, 0.4) is 0 Å². The van der Waals surface area contributed by atoms with E-state index in [-0.39, 0.29) is 31.8 Å². The molecular formula is C16H16F8N2O6S. The number of fused-ring (bicyclic) bond motifs is 1. The van der Waals surface area contributed by atoms with Crippen LogP contribution in [0.25, 0.3) is 6.08 Å². The summed E-state index contributed by atoms with van der Waals surface area (Å²) in [5, 5.41) is 9.01. The molecule has 1 aliphatic rings. The fraction of sp³-hybridized carbons (Fsp3) is 0.438. The maximum absolute atomic E-state index is 13.3. The topological polar surface area (TPSA) is 91.1 Å². The smallest absolute Gasteiger partial charge is 0.430 e. The first-order valence-corrected chi connectivity index (χ1v) is 10.7. The zero-order valence-electron chi connectivity index (χ0n) is 16.5. The predicted octanol–water partition coefficient (Wildman–Crippen LogP) is 4.73. The first kappa shape index (κ1) is 26.4. The van der Waals surface area contributed by atoms with Crippen molar-refractivity contribution in [1.29, 1.82) is 0 Å². The largest absolute Gasteiger partial charge is 0.475 e. The Morgan fingerprint density at radius 3 is 2.33 bits per heavy atom. The molecule has 0 radical (unpaired) electrons. The zero-order valence-corrected chi connectivity index (χ0v) is 17.3. The van der Waals surface area contributed by atoms with Gasteiger partial charge in [0.25, 0.3) is 5.09 Å². The molecule has 0 bridgehead atoms. The van der Waals surface area contributed by atoms with Gasteiger partial charge < -0.3 is 19.2 Å². The Hall–Kier alpha value is -2.82. The third kappa shape index (κ3) is 7.34. The lowest BCUT2D eigenvalue weighted by molar-refractivity contribution is -0.757. The van der Waals surface area contributed by atoms with Crippen molar-refractivity contribution in [1.82, 2.24) is 4.90 Å². The molecule has 0 saturated carbocycles. The van der Waals surface area contributed by atoms with Crippen molar-refractivity contribution >= 4 is 22.3 Å². The summed E-state index contributed by atoms with van der Waals surface area (Å²) >= 11 is 0. The molecule has 0 saturated heterocycles. The molecule has 0 unspecified atom stereocenters. The van der Waals surface area contributed by atoms with E-state index in [4.69, 9.17) is 4.74 Å². The molecule has 1 atom stereocenters. The number of nitrogens with zero attached hydrogens (tertiary/aromatic N) is 2. The average molecular weight is 516 g/mol. The summed E-state index contributed by atoms with van der Waals surface area (Å²) in [6.45, 7) is -0.936. The lowest BCUT2D eigenvalue weighted by Crippen LogP contribution is -2.41. The highest BCUT2D eigenvalue weighted by molar-refractivity contribution is 8.45. The Bertz CT molecular complexity index is 967. The SMILES string of the molecule is CN(CCOC(=O)C1=Cc2cc(S(F)(F)(F)(F)F)ccc2O[C@@H]1C(F)(F)F)CCO[N+](=O)[O-]. The quantitative estimate of drug-likeness (QED) is 0.203. The normalized spacial score (nSPS) is 18.4. The number of likely N-dealkylation sites (N-methyl/N-ethyl adjacent to an activating group) is 1. The van der Waals surface area contributed by atoms with Crippen molar-refractivity contribution < 1.29 is 56.8 Å². The van der Waals surface area contributed by atoms with E-state index in [1.807, 2.05) is 0 Å². The van der Waals surface area contributed by atoms with Gasteiger partial charge in [0.1, 0.15) is 23.9 Å². The number of alkyl halides is 3. The Kier molecular flexibility index (Phi) is 6.56. The minimum Gasteiger partial charge on any atom is -0.475 e. The Morgan fingerprint density at radius 1 is 1.18 bits per heavy atom. The van der Waals surface area contributed by atoms with Gasteiger partial charge in [-0.05, 0) is 31.3 Å². The van der Waals surface area contributed by atoms with E-state index in [0.29, 0.717) is 12.1 Å². The van der Waals surface area contributed by atoms with Crippen molar-refractivity contribution in [2.75, 3.05) is 33.4 Å². The van der Waals surface area contributed by atoms with Crippen LogP contribution >= 0.6 is 10.2 Å².